The van der Waals surface area contributed by atoms with Crippen LogP contribution in [0.15, 0.2) is 47.7 Å². The Morgan fingerprint density at radius 1 is 1.06 bits per heavy atom. The minimum atomic E-state index is -0.249. The Hall–Kier alpha value is -3.82. The van der Waals surface area contributed by atoms with Crippen LogP contribution in [0, 0.1) is 6.92 Å². The van der Waals surface area contributed by atoms with Crippen LogP contribution in [0.4, 0.5) is 17.5 Å². The number of aromatic nitrogens is 5. The van der Waals surface area contributed by atoms with E-state index in [9.17, 15) is 9.59 Å². The third-order valence-electron chi connectivity index (χ3n) is 4.80. The summed E-state index contributed by atoms with van der Waals surface area (Å²) in [5.41, 5.74) is 1.72. The van der Waals surface area contributed by atoms with Crippen LogP contribution in [0.25, 0.3) is 0 Å². The van der Waals surface area contributed by atoms with Crippen molar-refractivity contribution in [1.82, 2.24) is 30.0 Å². The van der Waals surface area contributed by atoms with Crippen molar-refractivity contribution in [2.45, 2.75) is 32.2 Å². The molecule has 10 heteroatoms. The van der Waals surface area contributed by atoms with Crippen LogP contribution in [0.5, 0.6) is 0 Å². The Morgan fingerprint density at radius 3 is 2.58 bits per heavy atom. The standard InChI is InChI=1S/C21H24N8O2/c1-14-6-7-22-19(10-14)26-18-5-4-17(27-28-18)23-8-9-24-20(30)12-29-13-25-16(11-21(29)31)15-2-3-15/h4-7,10-11,13,15H,2-3,8-9,12H2,1H3,(H,23,27)(H,24,30)(H,22,26,28). The zero-order chi connectivity index (χ0) is 21.6. The number of amides is 1. The van der Waals surface area contributed by atoms with Gasteiger partial charge in [0.05, 0.1) is 12.0 Å². The number of pyridine rings is 1. The average molecular weight is 420 g/mol. The largest absolute Gasteiger partial charge is 0.367 e. The van der Waals surface area contributed by atoms with Crippen molar-refractivity contribution in [3.8, 4) is 0 Å². The SMILES string of the molecule is Cc1ccnc(Nc2ccc(NCCNC(=O)Cn3cnc(C4CC4)cc3=O)nn2)c1. The van der Waals surface area contributed by atoms with Crippen LogP contribution in [0.3, 0.4) is 0 Å². The molecule has 0 saturated heterocycles. The fraction of sp³-hybridized carbons (Fsp3) is 0.333. The number of nitrogens with zero attached hydrogens (tertiary/aromatic N) is 5. The van der Waals surface area contributed by atoms with E-state index in [1.165, 1.54) is 17.0 Å². The summed E-state index contributed by atoms with van der Waals surface area (Å²) in [5, 5.41) is 17.2. The molecule has 160 valence electrons. The topological polar surface area (TPSA) is 127 Å². The maximum absolute atomic E-state index is 12.1. The van der Waals surface area contributed by atoms with Gasteiger partial charge in [0.1, 0.15) is 18.2 Å². The van der Waals surface area contributed by atoms with Gasteiger partial charge in [-0.1, -0.05) is 0 Å². The highest BCUT2D eigenvalue weighted by molar-refractivity contribution is 5.75. The van der Waals surface area contributed by atoms with Gasteiger partial charge in [-0.15, -0.1) is 10.2 Å². The molecule has 3 N–H and O–H groups in total. The van der Waals surface area contributed by atoms with Gasteiger partial charge in [0.15, 0.2) is 5.82 Å². The number of carbonyl (C=O) groups is 1. The summed E-state index contributed by atoms with van der Waals surface area (Å²) >= 11 is 0. The lowest BCUT2D eigenvalue weighted by Gasteiger charge is -2.09. The van der Waals surface area contributed by atoms with Crippen LogP contribution in [0.1, 0.15) is 30.0 Å². The molecule has 0 radical (unpaired) electrons. The zero-order valence-electron chi connectivity index (χ0n) is 17.2. The van der Waals surface area contributed by atoms with E-state index in [4.69, 9.17) is 0 Å². The van der Waals surface area contributed by atoms with Crippen LogP contribution in [0.2, 0.25) is 0 Å². The predicted octanol–water partition coefficient (Wildman–Crippen LogP) is 1.59. The normalized spacial score (nSPS) is 12.9. The molecule has 3 aromatic rings. The lowest BCUT2D eigenvalue weighted by Crippen LogP contribution is -2.34. The lowest BCUT2D eigenvalue weighted by atomic mass is 10.3. The Balaban J connectivity index is 1.19. The third-order valence-corrected chi connectivity index (χ3v) is 4.80. The first-order valence-corrected chi connectivity index (χ1v) is 10.2. The molecule has 1 aliphatic rings. The molecule has 0 atom stereocenters. The summed E-state index contributed by atoms with van der Waals surface area (Å²) in [7, 11) is 0. The molecule has 0 aliphatic heterocycles. The van der Waals surface area contributed by atoms with Crippen LogP contribution >= 0.6 is 0 Å². The molecular formula is C21H24N8O2. The first-order chi connectivity index (χ1) is 15.1. The van der Waals surface area contributed by atoms with Gasteiger partial charge in [0, 0.05) is 31.3 Å². The molecule has 1 amide bonds. The molecule has 3 heterocycles. The van der Waals surface area contributed by atoms with Gasteiger partial charge in [0.2, 0.25) is 5.91 Å². The van der Waals surface area contributed by atoms with Gasteiger partial charge in [-0.25, -0.2) is 9.97 Å². The quantitative estimate of drug-likeness (QED) is 0.446. The molecule has 10 nitrogen and oxygen atoms in total. The summed E-state index contributed by atoms with van der Waals surface area (Å²) < 4.78 is 1.31. The second-order valence-electron chi connectivity index (χ2n) is 7.48. The van der Waals surface area contributed by atoms with E-state index < -0.39 is 0 Å². The number of rotatable bonds is 9. The summed E-state index contributed by atoms with van der Waals surface area (Å²) in [5.74, 6) is 2.04. The van der Waals surface area contributed by atoms with Crippen molar-refractivity contribution in [1.29, 1.82) is 0 Å². The minimum absolute atomic E-state index is 0.0516. The second kappa shape index (κ2) is 9.33. The average Bonchev–Trinajstić information content (AvgIpc) is 3.59. The summed E-state index contributed by atoms with van der Waals surface area (Å²) in [6.07, 6.45) is 5.34. The molecule has 3 aromatic heterocycles. The van der Waals surface area contributed by atoms with Crippen molar-refractivity contribution < 1.29 is 4.79 Å². The van der Waals surface area contributed by atoms with Gasteiger partial charge in [-0.3, -0.25) is 14.2 Å². The molecule has 0 spiro atoms. The van der Waals surface area contributed by atoms with Gasteiger partial charge >= 0.3 is 0 Å². The third kappa shape index (κ3) is 5.84. The van der Waals surface area contributed by atoms with Crippen molar-refractivity contribution in [2.75, 3.05) is 23.7 Å². The number of anilines is 3. The highest BCUT2D eigenvalue weighted by Crippen LogP contribution is 2.38. The van der Waals surface area contributed by atoms with Crippen LogP contribution in [-0.4, -0.2) is 43.7 Å². The molecular weight excluding hydrogens is 396 g/mol. The van der Waals surface area contributed by atoms with Gasteiger partial charge in [-0.2, -0.15) is 0 Å². The Labute approximate surface area is 179 Å². The molecule has 0 unspecified atom stereocenters. The minimum Gasteiger partial charge on any atom is -0.367 e. The van der Waals surface area contributed by atoms with E-state index in [0.717, 1.165) is 24.1 Å². The molecule has 1 aliphatic carbocycles. The molecule has 1 fully saturated rings. The Morgan fingerprint density at radius 2 is 1.87 bits per heavy atom. The monoisotopic (exact) mass is 420 g/mol. The van der Waals surface area contributed by atoms with E-state index in [-0.39, 0.29) is 18.0 Å². The Bertz CT molecular complexity index is 1110. The molecule has 0 aromatic carbocycles. The number of hydrogen-bond acceptors (Lipinski definition) is 8. The van der Waals surface area contributed by atoms with E-state index in [2.05, 4.69) is 36.1 Å². The van der Waals surface area contributed by atoms with E-state index in [1.54, 1.807) is 18.3 Å². The Kier molecular flexibility index (Phi) is 6.16. The highest BCUT2D eigenvalue weighted by Gasteiger charge is 2.25. The van der Waals surface area contributed by atoms with Gasteiger partial charge in [-0.05, 0) is 49.6 Å². The maximum Gasteiger partial charge on any atom is 0.254 e. The first kappa shape index (κ1) is 20.5. The number of nitrogens with one attached hydrogen (secondary N) is 3. The maximum atomic E-state index is 12.1. The highest BCUT2D eigenvalue weighted by atomic mass is 16.2. The smallest absolute Gasteiger partial charge is 0.254 e. The van der Waals surface area contributed by atoms with E-state index >= 15 is 0 Å². The fourth-order valence-corrected chi connectivity index (χ4v) is 2.99. The zero-order valence-corrected chi connectivity index (χ0v) is 17.2. The summed E-state index contributed by atoms with van der Waals surface area (Å²) in [6.45, 7) is 2.80. The van der Waals surface area contributed by atoms with Crippen molar-refractivity contribution in [3.05, 3.63) is 64.5 Å². The van der Waals surface area contributed by atoms with Gasteiger partial charge in [0.25, 0.3) is 5.56 Å². The van der Waals surface area contributed by atoms with Crippen molar-refractivity contribution in [2.24, 2.45) is 0 Å². The molecule has 1 saturated carbocycles. The molecule has 0 bridgehead atoms. The fourth-order valence-electron chi connectivity index (χ4n) is 2.99. The van der Waals surface area contributed by atoms with Gasteiger partial charge < -0.3 is 16.0 Å². The number of hydrogen-bond donors (Lipinski definition) is 3. The van der Waals surface area contributed by atoms with E-state index in [1.807, 2.05) is 19.1 Å². The van der Waals surface area contributed by atoms with Crippen molar-refractivity contribution in [3.63, 3.8) is 0 Å². The lowest BCUT2D eigenvalue weighted by molar-refractivity contribution is -0.121. The van der Waals surface area contributed by atoms with Crippen LogP contribution < -0.4 is 21.5 Å². The van der Waals surface area contributed by atoms with Crippen molar-refractivity contribution >= 4 is 23.4 Å². The first-order valence-electron chi connectivity index (χ1n) is 10.2. The summed E-state index contributed by atoms with van der Waals surface area (Å²) in [4.78, 5) is 32.7. The molecule has 4 rings (SSSR count). The second-order valence-corrected chi connectivity index (χ2v) is 7.48. The van der Waals surface area contributed by atoms with Crippen LogP contribution in [-0.2, 0) is 11.3 Å². The van der Waals surface area contributed by atoms with E-state index in [0.29, 0.717) is 36.5 Å². The number of carbonyl (C=O) groups excluding carboxylic acids is 1. The predicted molar refractivity (Wildman–Crippen MR) is 116 cm³/mol. The molecule has 31 heavy (non-hydrogen) atoms. The summed E-state index contributed by atoms with van der Waals surface area (Å²) in [6, 6.07) is 8.95. The number of aryl methyl sites for hydroxylation is 1.